The van der Waals surface area contributed by atoms with Gasteiger partial charge in [-0.15, -0.1) is 0 Å². The summed E-state index contributed by atoms with van der Waals surface area (Å²) in [6.07, 6.45) is 1.02. The van der Waals surface area contributed by atoms with Crippen molar-refractivity contribution in [3.8, 4) is 0 Å². The van der Waals surface area contributed by atoms with Crippen LogP contribution in [0.3, 0.4) is 0 Å². The van der Waals surface area contributed by atoms with E-state index in [4.69, 9.17) is 20.1 Å². The van der Waals surface area contributed by atoms with Gasteiger partial charge in [-0.2, -0.15) is 0 Å². The summed E-state index contributed by atoms with van der Waals surface area (Å²) in [6.45, 7) is -0.250. The summed E-state index contributed by atoms with van der Waals surface area (Å²) in [4.78, 5) is 28.2. The largest absolute Gasteiger partial charge is 0.483 e. The molecule has 0 aliphatic rings. The van der Waals surface area contributed by atoms with Crippen LogP contribution < -0.4 is 12.3 Å². The fourth-order valence-electron chi connectivity index (χ4n) is 0.552. The SMILES string of the molecule is N.N.O=C(O)CCCCC(=O)O.O=CO. The van der Waals surface area contributed by atoms with E-state index in [0.29, 0.717) is 12.8 Å². The number of carboxylic acids is 2. The number of hydrogen-bond donors (Lipinski definition) is 5. The Morgan fingerprint density at radius 1 is 0.933 bits per heavy atom. The highest BCUT2D eigenvalue weighted by molar-refractivity contribution is 5.67. The van der Waals surface area contributed by atoms with Crippen LogP contribution in [0, 0.1) is 0 Å². The molecule has 0 aromatic carbocycles. The molecule has 0 aliphatic carbocycles. The first-order valence-electron chi connectivity index (χ1n) is 3.56. The van der Waals surface area contributed by atoms with Crippen molar-refractivity contribution in [2.75, 3.05) is 0 Å². The minimum Gasteiger partial charge on any atom is -0.483 e. The smallest absolute Gasteiger partial charge is 0.303 e. The molecule has 0 spiro atoms. The van der Waals surface area contributed by atoms with Crippen LogP contribution in [-0.2, 0) is 14.4 Å². The van der Waals surface area contributed by atoms with Gasteiger partial charge in [-0.05, 0) is 12.8 Å². The lowest BCUT2D eigenvalue weighted by Crippen LogP contribution is -1.97. The molecule has 0 aromatic rings. The predicted molar refractivity (Wildman–Crippen MR) is 52.5 cm³/mol. The van der Waals surface area contributed by atoms with E-state index >= 15 is 0 Å². The summed E-state index contributed by atoms with van der Waals surface area (Å²) in [7, 11) is 0. The first-order chi connectivity index (χ1) is 6.04. The highest BCUT2D eigenvalue weighted by atomic mass is 16.4. The van der Waals surface area contributed by atoms with Gasteiger partial charge < -0.3 is 27.6 Å². The van der Waals surface area contributed by atoms with E-state index in [2.05, 4.69) is 0 Å². The number of aliphatic carboxylic acids is 2. The average molecular weight is 226 g/mol. The van der Waals surface area contributed by atoms with Gasteiger partial charge in [-0.25, -0.2) is 0 Å². The van der Waals surface area contributed by atoms with Crippen molar-refractivity contribution in [1.82, 2.24) is 12.3 Å². The van der Waals surface area contributed by atoms with Gasteiger partial charge in [0.25, 0.3) is 6.47 Å². The molecule has 0 rings (SSSR count). The molecule has 0 fully saturated rings. The molecule has 0 saturated carbocycles. The van der Waals surface area contributed by atoms with Crippen LogP contribution in [0.1, 0.15) is 25.7 Å². The van der Waals surface area contributed by atoms with Crippen molar-refractivity contribution in [2.24, 2.45) is 0 Å². The predicted octanol–water partition coefficient (Wildman–Crippen LogP) is 0.741. The molecule has 0 aliphatic heterocycles. The number of carbonyl (C=O) groups is 3. The molecule has 0 saturated heterocycles. The van der Waals surface area contributed by atoms with Gasteiger partial charge in [0.1, 0.15) is 0 Å². The van der Waals surface area contributed by atoms with E-state index in [1.807, 2.05) is 0 Å². The molecule has 0 atom stereocenters. The Morgan fingerprint density at radius 3 is 1.27 bits per heavy atom. The Bertz CT molecular complexity index is 157. The zero-order valence-electron chi connectivity index (χ0n) is 8.39. The van der Waals surface area contributed by atoms with E-state index in [0.717, 1.165) is 0 Å². The minimum atomic E-state index is -0.870. The quantitative estimate of drug-likeness (QED) is 0.335. The minimum absolute atomic E-state index is 0. The molecule has 0 unspecified atom stereocenters. The number of unbranched alkanes of at least 4 members (excludes halogenated alkanes) is 1. The highest BCUT2D eigenvalue weighted by Gasteiger charge is 1.99. The van der Waals surface area contributed by atoms with Crippen LogP contribution in [0.25, 0.3) is 0 Å². The fraction of sp³-hybridized carbons (Fsp3) is 0.571. The highest BCUT2D eigenvalue weighted by Crippen LogP contribution is 1.98. The molecule has 0 amide bonds. The van der Waals surface area contributed by atoms with Crippen molar-refractivity contribution in [3.63, 3.8) is 0 Å². The summed E-state index contributed by atoms with van der Waals surface area (Å²) >= 11 is 0. The second-order valence-corrected chi connectivity index (χ2v) is 2.10. The third kappa shape index (κ3) is 46.3. The van der Waals surface area contributed by atoms with Crippen LogP contribution in [0.2, 0.25) is 0 Å². The van der Waals surface area contributed by atoms with Crippen LogP contribution in [0.15, 0.2) is 0 Å². The van der Waals surface area contributed by atoms with Gasteiger partial charge in [0.05, 0.1) is 0 Å². The van der Waals surface area contributed by atoms with Gasteiger partial charge in [-0.3, -0.25) is 14.4 Å². The molecule has 0 bridgehead atoms. The fourth-order valence-corrected chi connectivity index (χ4v) is 0.552. The third-order valence-corrected chi connectivity index (χ3v) is 1.03. The molecule has 8 nitrogen and oxygen atoms in total. The number of carboxylic acid groups (broad SMARTS) is 3. The van der Waals surface area contributed by atoms with Crippen molar-refractivity contribution < 1.29 is 29.7 Å². The molecule has 0 radical (unpaired) electrons. The molecule has 92 valence electrons. The van der Waals surface area contributed by atoms with Crippen molar-refractivity contribution in [1.29, 1.82) is 0 Å². The maximum absolute atomic E-state index is 9.90. The summed E-state index contributed by atoms with van der Waals surface area (Å²) in [5.41, 5.74) is 0. The van der Waals surface area contributed by atoms with Gasteiger partial charge in [0, 0.05) is 12.8 Å². The Hall–Kier alpha value is -1.67. The van der Waals surface area contributed by atoms with Crippen LogP contribution >= 0.6 is 0 Å². The lowest BCUT2D eigenvalue weighted by atomic mass is 10.2. The summed E-state index contributed by atoms with van der Waals surface area (Å²) in [6, 6.07) is 0. The van der Waals surface area contributed by atoms with Gasteiger partial charge in [0.15, 0.2) is 0 Å². The molecule has 8 heteroatoms. The maximum Gasteiger partial charge on any atom is 0.303 e. The van der Waals surface area contributed by atoms with E-state index in [1.54, 1.807) is 0 Å². The van der Waals surface area contributed by atoms with E-state index in [-0.39, 0.29) is 31.6 Å². The third-order valence-electron chi connectivity index (χ3n) is 1.03. The summed E-state index contributed by atoms with van der Waals surface area (Å²) in [5, 5.41) is 23.2. The molecule has 9 N–H and O–H groups in total. The van der Waals surface area contributed by atoms with Gasteiger partial charge in [0.2, 0.25) is 0 Å². The molecule has 15 heavy (non-hydrogen) atoms. The summed E-state index contributed by atoms with van der Waals surface area (Å²) < 4.78 is 0. The Morgan fingerprint density at radius 2 is 1.13 bits per heavy atom. The van der Waals surface area contributed by atoms with Gasteiger partial charge in [-0.1, -0.05) is 0 Å². The zero-order chi connectivity index (χ0) is 10.7. The van der Waals surface area contributed by atoms with E-state index in [9.17, 15) is 9.59 Å². The topological polar surface area (TPSA) is 182 Å². The second-order valence-electron chi connectivity index (χ2n) is 2.10. The van der Waals surface area contributed by atoms with Gasteiger partial charge >= 0.3 is 11.9 Å². The maximum atomic E-state index is 9.90. The van der Waals surface area contributed by atoms with Crippen LogP contribution in [0.5, 0.6) is 0 Å². The van der Waals surface area contributed by atoms with E-state index in [1.165, 1.54) is 0 Å². The zero-order valence-corrected chi connectivity index (χ0v) is 8.39. The second kappa shape index (κ2) is 18.2. The van der Waals surface area contributed by atoms with Crippen molar-refractivity contribution in [3.05, 3.63) is 0 Å². The molecular formula is C7H18N2O6. The Balaban J connectivity index is -0.000000108. The monoisotopic (exact) mass is 226 g/mol. The van der Waals surface area contributed by atoms with Crippen molar-refractivity contribution in [2.45, 2.75) is 25.7 Å². The lowest BCUT2D eigenvalue weighted by molar-refractivity contribution is -0.139. The molecular weight excluding hydrogens is 208 g/mol. The number of hydrogen-bond acceptors (Lipinski definition) is 5. The Kier molecular flexibility index (Phi) is 28.2. The lowest BCUT2D eigenvalue weighted by Gasteiger charge is -1.92. The van der Waals surface area contributed by atoms with Crippen LogP contribution in [0.4, 0.5) is 0 Å². The van der Waals surface area contributed by atoms with Crippen LogP contribution in [-0.4, -0.2) is 33.7 Å². The standard InChI is InChI=1S/C6H10O4.CH2O2.2H3N/c7-5(8)3-1-2-4-6(9)10;2-1-3;;/h1-4H2,(H,7,8)(H,9,10);1H,(H,2,3);2*1H3. The average Bonchev–Trinajstić information content (AvgIpc) is 1.99. The normalized spacial score (nSPS) is 6.93. The van der Waals surface area contributed by atoms with Crippen molar-refractivity contribution >= 4 is 18.4 Å². The molecule has 0 heterocycles. The Labute approximate surface area is 87.1 Å². The summed E-state index contributed by atoms with van der Waals surface area (Å²) in [5.74, 6) is -1.74. The first-order valence-corrected chi connectivity index (χ1v) is 3.56. The number of rotatable bonds is 5. The molecule has 0 aromatic heterocycles. The van der Waals surface area contributed by atoms with E-state index < -0.39 is 11.9 Å². The first kappa shape index (κ1) is 23.3.